The van der Waals surface area contributed by atoms with E-state index in [0.717, 1.165) is 42.8 Å². The third-order valence-corrected chi connectivity index (χ3v) is 3.83. The number of rotatable bonds is 4. The predicted octanol–water partition coefficient (Wildman–Crippen LogP) is 2.74. The summed E-state index contributed by atoms with van der Waals surface area (Å²) in [6.07, 6.45) is 0.842. The second-order valence-corrected chi connectivity index (χ2v) is 5.36. The molecule has 1 fully saturated rings. The zero-order valence-electron chi connectivity index (χ0n) is 10.6. The lowest BCUT2D eigenvalue weighted by Gasteiger charge is -2.33. The number of hydrogen-bond donors (Lipinski definition) is 0. The van der Waals surface area contributed by atoms with E-state index in [2.05, 4.69) is 27.8 Å². The molecular weight excluding hydrogens is 294 g/mol. The number of ketones is 1. The third kappa shape index (κ3) is 3.19. The Hall–Kier alpha value is -0.710. The molecule has 18 heavy (non-hydrogen) atoms. The van der Waals surface area contributed by atoms with Gasteiger partial charge in [-0.1, -0.05) is 35.0 Å². The Morgan fingerprint density at radius 3 is 2.50 bits per heavy atom. The minimum absolute atomic E-state index is 0.0184. The quantitative estimate of drug-likeness (QED) is 0.801. The van der Waals surface area contributed by atoms with Gasteiger partial charge in [-0.25, -0.2) is 0 Å². The number of hydrogen-bond acceptors (Lipinski definition) is 3. The van der Waals surface area contributed by atoms with Crippen LogP contribution in [0.2, 0.25) is 0 Å². The molecule has 1 aromatic carbocycles. The topological polar surface area (TPSA) is 29.5 Å². The zero-order valence-corrected chi connectivity index (χ0v) is 12.1. The van der Waals surface area contributed by atoms with Gasteiger partial charge in [-0.05, 0) is 18.6 Å². The monoisotopic (exact) mass is 311 g/mol. The lowest BCUT2D eigenvalue weighted by Crippen LogP contribution is -2.47. The van der Waals surface area contributed by atoms with Crippen LogP contribution in [-0.2, 0) is 4.74 Å². The van der Waals surface area contributed by atoms with Crippen LogP contribution in [0.15, 0.2) is 28.7 Å². The first-order valence-corrected chi connectivity index (χ1v) is 7.13. The summed E-state index contributed by atoms with van der Waals surface area (Å²) in [7, 11) is 0. The van der Waals surface area contributed by atoms with Crippen molar-refractivity contribution in [3.05, 3.63) is 34.3 Å². The van der Waals surface area contributed by atoms with Crippen molar-refractivity contribution in [3.8, 4) is 0 Å². The molecule has 0 saturated carbocycles. The molecule has 0 N–H and O–H groups in total. The number of carbonyl (C=O) groups excluding carboxylic acids is 1. The summed E-state index contributed by atoms with van der Waals surface area (Å²) in [6.45, 7) is 5.21. The van der Waals surface area contributed by atoms with E-state index in [1.165, 1.54) is 0 Å². The van der Waals surface area contributed by atoms with Crippen molar-refractivity contribution < 1.29 is 9.53 Å². The van der Waals surface area contributed by atoms with E-state index in [0.29, 0.717) is 0 Å². The molecule has 3 nitrogen and oxygen atoms in total. The number of nitrogens with zero attached hydrogens (tertiary/aromatic N) is 1. The van der Waals surface area contributed by atoms with Crippen LogP contribution in [0.3, 0.4) is 0 Å². The highest BCUT2D eigenvalue weighted by Crippen LogP contribution is 2.16. The van der Waals surface area contributed by atoms with Crippen LogP contribution in [0.5, 0.6) is 0 Å². The van der Waals surface area contributed by atoms with Crippen LogP contribution in [0.1, 0.15) is 23.7 Å². The van der Waals surface area contributed by atoms with Gasteiger partial charge in [-0.3, -0.25) is 9.69 Å². The number of carbonyl (C=O) groups is 1. The summed E-state index contributed by atoms with van der Waals surface area (Å²) in [6, 6.07) is 7.58. The van der Waals surface area contributed by atoms with Gasteiger partial charge < -0.3 is 4.74 Å². The highest BCUT2D eigenvalue weighted by Gasteiger charge is 2.26. The maximum Gasteiger partial charge on any atom is 0.179 e. The Morgan fingerprint density at radius 2 is 1.94 bits per heavy atom. The Kier molecular flexibility index (Phi) is 4.92. The molecule has 1 aliphatic rings. The third-order valence-electron chi connectivity index (χ3n) is 3.30. The molecule has 4 heteroatoms. The number of Topliss-reactive ketones (excluding diaryl/α,β-unsaturated/α-hetero) is 1. The summed E-state index contributed by atoms with van der Waals surface area (Å²) in [5.74, 6) is 0.215. The van der Waals surface area contributed by atoms with E-state index in [9.17, 15) is 4.79 Å². The molecule has 0 spiro atoms. The maximum atomic E-state index is 12.5. The van der Waals surface area contributed by atoms with E-state index in [1.54, 1.807) is 0 Å². The Labute approximate surface area is 116 Å². The van der Waals surface area contributed by atoms with Gasteiger partial charge in [0.25, 0.3) is 0 Å². The molecule has 1 unspecified atom stereocenters. The highest BCUT2D eigenvalue weighted by atomic mass is 79.9. The maximum absolute atomic E-state index is 12.5. The smallest absolute Gasteiger partial charge is 0.179 e. The van der Waals surface area contributed by atoms with Crippen LogP contribution in [0, 0.1) is 0 Å². The highest BCUT2D eigenvalue weighted by molar-refractivity contribution is 9.10. The van der Waals surface area contributed by atoms with E-state index in [1.807, 2.05) is 24.3 Å². The van der Waals surface area contributed by atoms with Gasteiger partial charge in [0.1, 0.15) is 0 Å². The van der Waals surface area contributed by atoms with Crippen molar-refractivity contribution in [1.82, 2.24) is 4.90 Å². The van der Waals surface area contributed by atoms with Gasteiger partial charge in [0.2, 0.25) is 0 Å². The summed E-state index contributed by atoms with van der Waals surface area (Å²) < 4.78 is 6.33. The van der Waals surface area contributed by atoms with Gasteiger partial charge in [0.05, 0.1) is 19.3 Å². The van der Waals surface area contributed by atoms with Crippen molar-refractivity contribution in [2.45, 2.75) is 19.4 Å². The standard InChI is InChI=1S/C14H18BrNO2/c1-2-13(16-7-9-18-10-8-16)14(17)11-3-5-12(15)6-4-11/h3-6,13H,2,7-10H2,1H3. The molecule has 0 amide bonds. The summed E-state index contributed by atoms with van der Waals surface area (Å²) >= 11 is 3.39. The molecule has 1 atom stereocenters. The molecule has 1 aliphatic heterocycles. The first-order valence-electron chi connectivity index (χ1n) is 6.34. The second kappa shape index (κ2) is 6.45. The first kappa shape index (κ1) is 13.7. The molecule has 0 aliphatic carbocycles. The largest absolute Gasteiger partial charge is 0.379 e. The second-order valence-electron chi connectivity index (χ2n) is 4.44. The molecule has 2 rings (SSSR count). The lowest BCUT2D eigenvalue weighted by atomic mass is 10.0. The summed E-state index contributed by atoms with van der Waals surface area (Å²) in [4.78, 5) is 14.7. The normalized spacial score (nSPS) is 18.6. The zero-order chi connectivity index (χ0) is 13.0. The number of ether oxygens (including phenoxy) is 1. The van der Waals surface area contributed by atoms with E-state index in [-0.39, 0.29) is 11.8 Å². The fourth-order valence-electron chi connectivity index (χ4n) is 2.31. The number of halogens is 1. The number of morpholine rings is 1. The van der Waals surface area contributed by atoms with Gasteiger partial charge in [-0.2, -0.15) is 0 Å². The van der Waals surface area contributed by atoms with Gasteiger partial charge in [0, 0.05) is 23.1 Å². The van der Waals surface area contributed by atoms with Gasteiger partial charge >= 0.3 is 0 Å². The van der Waals surface area contributed by atoms with E-state index < -0.39 is 0 Å². The van der Waals surface area contributed by atoms with Crippen molar-refractivity contribution >= 4 is 21.7 Å². The van der Waals surface area contributed by atoms with E-state index in [4.69, 9.17) is 4.74 Å². The molecule has 98 valence electrons. The molecule has 0 radical (unpaired) electrons. The molecule has 1 aromatic rings. The minimum Gasteiger partial charge on any atom is -0.379 e. The average molecular weight is 312 g/mol. The Morgan fingerprint density at radius 1 is 1.33 bits per heavy atom. The molecular formula is C14H18BrNO2. The Balaban J connectivity index is 2.11. The van der Waals surface area contributed by atoms with Crippen molar-refractivity contribution in [1.29, 1.82) is 0 Å². The van der Waals surface area contributed by atoms with Crippen LogP contribution in [0.4, 0.5) is 0 Å². The van der Waals surface area contributed by atoms with Crippen LogP contribution in [0.25, 0.3) is 0 Å². The van der Waals surface area contributed by atoms with Crippen molar-refractivity contribution in [2.24, 2.45) is 0 Å². The van der Waals surface area contributed by atoms with Crippen molar-refractivity contribution in [2.75, 3.05) is 26.3 Å². The lowest BCUT2D eigenvalue weighted by molar-refractivity contribution is 0.0170. The summed E-state index contributed by atoms with van der Waals surface area (Å²) in [5.41, 5.74) is 0.788. The van der Waals surface area contributed by atoms with Crippen LogP contribution in [-0.4, -0.2) is 43.0 Å². The predicted molar refractivity (Wildman–Crippen MR) is 74.9 cm³/mol. The van der Waals surface area contributed by atoms with Gasteiger partial charge in [-0.15, -0.1) is 0 Å². The molecule has 0 aromatic heterocycles. The average Bonchev–Trinajstić information content (AvgIpc) is 2.41. The molecule has 1 heterocycles. The van der Waals surface area contributed by atoms with Gasteiger partial charge in [0.15, 0.2) is 5.78 Å². The first-order chi connectivity index (χ1) is 8.72. The summed E-state index contributed by atoms with van der Waals surface area (Å²) in [5, 5.41) is 0. The minimum atomic E-state index is -0.0184. The molecule has 0 bridgehead atoms. The fraction of sp³-hybridized carbons (Fsp3) is 0.500. The van der Waals surface area contributed by atoms with Crippen LogP contribution >= 0.6 is 15.9 Å². The fourth-order valence-corrected chi connectivity index (χ4v) is 2.57. The van der Waals surface area contributed by atoms with Crippen LogP contribution < -0.4 is 0 Å². The SMILES string of the molecule is CCC(C(=O)c1ccc(Br)cc1)N1CCOCC1. The number of benzene rings is 1. The van der Waals surface area contributed by atoms with E-state index >= 15 is 0 Å². The Bertz CT molecular complexity index is 399. The van der Waals surface area contributed by atoms with Crippen molar-refractivity contribution in [3.63, 3.8) is 0 Å². The molecule has 1 saturated heterocycles.